The van der Waals surface area contributed by atoms with Crippen LogP contribution in [0.5, 0.6) is 0 Å². The number of carbonyl (C=O) groups excluding carboxylic acids is 2. The summed E-state index contributed by atoms with van der Waals surface area (Å²) in [6.07, 6.45) is 0.655. The highest BCUT2D eigenvalue weighted by atomic mass is 35.5. The van der Waals surface area contributed by atoms with E-state index in [1.54, 1.807) is 13.0 Å². The fourth-order valence-corrected chi connectivity index (χ4v) is 2.09. The first-order valence-corrected chi connectivity index (χ1v) is 7.74. The molecule has 1 aromatic carbocycles. The molecule has 0 aromatic heterocycles. The number of esters is 2. The summed E-state index contributed by atoms with van der Waals surface area (Å²) in [5.74, 6) is -1.11. The molecule has 0 heterocycles. The fraction of sp³-hybridized carbons (Fsp3) is 0.529. The fourth-order valence-electron chi connectivity index (χ4n) is 1.80. The van der Waals surface area contributed by atoms with E-state index in [1.165, 1.54) is 6.07 Å². The summed E-state index contributed by atoms with van der Waals surface area (Å²) in [6, 6.07) is 3.09. The monoisotopic (exact) mass is 326 g/mol. The summed E-state index contributed by atoms with van der Waals surface area (Å²) in [5, 5.41) is 0.443. The SMILES string of the molecule is CCOC(=O)c1cc(CC)c(Cl)cc1C(=O)OCC(C)(C)C. The average Bonchev–Trinajstić information content (AvgIpc) is 2.43. The van der Waals surface area contributed by atoms with Crippen molar-refractivity contribution in [2.75, 3.05) is 13.2 Å². The van der Waals surface area contributed by atoms with Gasteiger partial charge >= 0.3 is 11.9 Å². The molecular formula is C17H23ClO4. The average molecular weight is 327 g/mol. The Kier molecular flexibility index (Phi) is 6.42. The maximum Gasteiger partial charge on any atom is 0.339 e. The Morgan fingerprint density at radius 3 is 2.09 bits per heavy atom. The van der Waals surface area contributed by atoms with E-state index in [0.29, 0.717) is 11.4 Å². The minimum absolute atomic E-state index is 0.143. The minimum Gasteiger partial charge on any atom is -0.462 e. The van der Waals surface area contributed by atoms with Crippen molar-refractivity contribution in [1.29, 1.82) is 0 Å². The van der Waals surface area contributed by atoms with Gasteiger partial charge in [-0.15, -0.1) is 0 Å². The van der Waals surface area contributed by atoms with Crippen LogP contribution in [0.4, 0.5) is 0 Å². The Morgan fingerprint density at radius 2 is 1.59 bits per heavy atom. The summed E-state index contributed by atoms with van der Waals surface area (Å²) in [5.41, 5.74) is 0.969. The number of hydrogen-bond donors (Lipinski definition) is 0. The lowest BCUT2D eigenvalue weighted by atomic mass is 9.98. The third-order valence-corrected chi connectivity index (χ3v) is 3.27. The molecule has 0 radical (unpaired) electrons. The van der Waals surface area contributed by atoms with Crippen molar-refractivity contribution < 1.29 is 19.1 Å². The molecule has 1 aromatic rings. The Bertz CT molecular complexity index is 559. The van der Waals surface area contributed by atoms with Gasteiger partial charge in [0.05, 0.1) is 24.3 Å². The van der Waals surface area contributed by atoms with Crippen LogP contribution in [-0.2, 0) is 15.9 Å². The quantitative estimate of drug-likeness (QED) is 0.758. The van der Waals surface area contributed by atoms with Gasteiger partial charge in [-0.2, -0.15) is 0 Å². The zero-order valence-corrected chi connectivity index (χ0v) is 14.5. The number of hydrogen-bond acceptors (Lipinski definition) is 4. The second-order valence-corrected chi connectivity index (χ2v) is 6.61. The highest BCUT2D eigenvalue weighted by Crippen LogP contribution is 2.24. The van der Waals surface area contributed by atoms with Crippen LogP contribution < -0.4 is 0 Å². The lowest BCUT2D eigenvalue weighted by Crippen LogP contribution is -2.20. The maximum atomic E-state index is 12.3. The van der Waals surface area contributed by atoms with Gasteiger partial charge in [0.1, 0.15) is 0 Å². The van der Waals surface area contributed by atoms with E-state index in [-0.39, 0.29) is 29.8 Å². The van der Waals surface area contributed by atoms with Gasteiger partial charge in [-0.25, -0.2) is 9.59 Å². The number of ether oxygens (including phenoxy) is 2. The van der Waals surface area contributed by atoms with Crippen LogP contribution in [0.1, 0.15) is 60.9 Å². The minimum atomic E-state index is -0.567. The van der Waals surface area contributed by atoms with Crippen molar-refractivity contribution in [2.45, 2.75) is 41.0 Å². The van der Waals surface area contributed by atoms with Gasteiger partial charge in [-0.3, -0.25) is 0 Å². The molecule has 0 saturated carbocycles. The number of carbonyl (C=O) groups is 2. The Labute approximate surface area is 136 Å². The highest BCUT2D eigenvalue weighted by Gasteiger charge is 2.23. The standard InChI is InChI=1S/C17H23ClO4/c1-6-11-8-12(15(19)21-7-2)13(9-14(11)18)16(20)22-10-17(3,4)5/h8-9H,6-7,10H2,1-5H3. The van der Waals surface area contributed by atoms with Gasteiger partial charge in [-0.05, 0) is 36.5 Å². The van der Waals surface area contributed by atoms with Crippen molar-refractivity contribution in [3.05, 3.63) is 33.8 Å². The van der Waals surface area contributed by atoms with Gasteiger partial charge in [0.2, 0.25) is 0 Å². The van der Waals surface area contributed by atoms with Crippen LogP contribution in [-0.4, -0.2) is 25.2 Å². The van der Waals surface area contributed by atoms with Gasteiger partial charge in [-0.1, -0.05) is 39.3 Å². The summed E-state index contributed by atoms with van der Waals surface area (Å²) < 4.78 is 10.3. The van der Waals surface area contributed by atoms with Gasteiger partial charge < -0.3 is 9.47 Å². The highest BCUT2D eigenvalue weighted by molar-refractivity contribution is 6.32. The third-order valence-electron chi connectivity index (χ3n) is 2.92. The first-order chi connectivity index (χ1) is 10.2. The van der Waals surface area contributed by atoms with Crippen molar-refractivity contribution in [1.82, 2.24) is 0 Å². The summed E-state index contributed by atoms with van der Waals surface area (Å²) in [7, 11) is 0. The molecular weight excluding hydrogens is 304 g/mol. The lowest BCUT2D eigenvalue weighted by molar-refractivity contribution is 0.0354. The molecule has 0 amide bonds. The zero-order chi connectivity index (χ0) is 16.9. The van der Waals surface area contributed by atoms with Crippen LogP contribution in [0.3, 0.4) is 0 Å². The Hall–Kier alpha value is -1.55. The maximum absolute atomic E-state index is 12.3. The van der Waals surface area contributed by atoms with Crippen molar-refractivity contribution in [3.63, 3.8) is 0 Å². The molecule has 1 rings (SSSR count). The van der Waals surface area contributed by atoms with Crippen LogP contribution in [0.25, 0.3) is 0 Å². The zero-order valence-electron chi connectivity index (χ0n) is 13.8. The first-order valence-electron chi connectivity index (χ1n) is 7.36. The first kappa shape index (κ1) is 18.5. The molecule has 4 nitrogen and oxygen atoms in total. The van der Waals surface area contributed by atoms with E-state index in [2.05, 4.69) is 0 Å². The predicted octanol–water partition coefficient (Wildman–Crippen LogP) is 4.28. The van der Waals surface area contributed by atoms with Crippen LogP contribution in [0.2, 0.25) is 5.02 Å². The molecule has 0 aliphatic heterocycles. The van der Waals surface area contributed by atoms with Crippen molar-refractivity contribution in [3.8, 4) is 0 Å². The molecule has 5 heteroatoms. The molecule has 0 spiro atoms. The molecule has 0 aliphatic rings. The van der Waals surface area contributed by atoms with Crippen molar-refractivity contribution >= 4 is 23.5 Å². The topological polar surface area (TPSA) is 52.6 Å². The van der Waals surface area contributed by atoms with E-state index < -0.39 is 11.9 Å². The van der Waals surface area contributed by atoms with Gasteiger partial charge in [0.15, 0.2) is 0 Å². The van der Waals surface area contributed by atoms with E-state index in [0.717, 1.165) is 5.56 Å². The van der Waals surface area contributed by atoms with Crippen LogP contribution in [0, 0.1) is 5.41 Å². The molecule has 0 aliphatic carbocycles. The van der Waals surface area contributed by atoms with E-state index in [1.807, 2.05) is 27.7 Å². The van der Waals surface area contributed by atoms with Gasteiger partial charge in [0.25, 0.3) is 0 Å². The summed E-state index contributed by atoms with van der Waals surface area (Å²) in [6.45, 7) is 10.00. The third kappa shape index (κ3) is 5.02. The Morgan fingerprint density at radius 1 is 1.05 bits per heavy atom. The molecule has 22 heavy (non-hydrogen) atoms. The van der Waals surface area contributed by atoms with E-state index >= 15 is 0 Å². The molecule has 0 bridgehead atoms. The molecule has 0 unspecified atom stereocenters. The molecule has 0 fully saturated rings. The smallest absolute Gasteiger partial charge is 0.339 e. The number of benzene rings is 1. The van der Waals surface area contributed by atoms with E-state index in [9.17, 15) is 9.59 Å². The Balaban J connectivity index is 3.18. The summed E-state index contributed by atoms with van der Waals surface area (Å²) >= 11 is 6.16. The largest absolute Gasteiger partial charge is 0.462 e. The molecule has 0 saturated heterocycles. The van der Waals surface area contributed by atoms with E-state index in [4.69, 9.17) is 21.1 Å². The number of aryl methyl sites for hydroxylation is 1. The van der Waals surface area contributed by atoms with Gasteiger partial charge in [0, 0.05) is 5.02 Å². The predicted molar refractivity (Wildman–Crippen MR) is 86.5 cm³/mol. The summed E-state index contributed by atoms with van der Waals surface area (Å²) in [4.78, 5) is 24.4. The van der Waals surface area contributed by atoms with Crippen LogP contribution in [0.15, 0.2) is 12.1 Å². The molecule has 122 valence electrons. The normalized spacial score (nSPS) is 11.2. The lowest BCUT2D eigenvalue weighted by Gasteiger charge is -2.19. The molecule has 0 atom stereocenters. The molecule has 0 N–H and O–H groups in total. The number of halogens is 1. The number of rotatable bonds is 5. The van der Waals surface area contributed by atoms with Crippen LogP contribution >= 0.6 is 11.6 Å². The second kappa shape index (κ2) is 7.63. The van der Waals surface area contributed by atoms with Crippen molar-refractivity contribution in [2.24, 2.45) is 5.41 Å². The second-order valence-electron chi connectivity index (χ2n) is 6.20.